The molecule has 0 fully saturated rings. The number of para-hydroxylation sites is 1. The Hall–Kier alpha value is -2.06. The van der Waals surface area contributed by atoms with Gasteiger partial charge in [0.2, 0.25) is 5.91 Å². The van der Waals surface area contributed by atoms with Crippen molar-refractivity contribution in [3.05, 3.63) is 44.6 Å². The van der Waals surface area contributed by atoms with Crippen LogP contribution >= 0.6 is 27.3 Å². The van der Waals surface area contributed by atoms with Gasteiger partial charge < -0.3 is 9.47 Å². The van der Waals surface area contributed by atoms with Crippen LogP contribution in [0.1, 0.15) is 21.7 Å². The number of amides is 2. The van der Waals surface area contributed by atoms with E-state index in [0.717, 1.165) is 9.35 Å². The molecule has 2 rings (SSSR count). The number of hydrogen-bond acceptors (Lipinski definition) is 5. The molecule has 0 aliphatic rings. The van der Waals surface area contributed by atoms with Crippen LogP contribution in [0.3, 0.4) is 0 Å². The molecule has 0 bridgehead atoms. The van der Waals surface area contributed by atoms with E-state index in [1.807, 2.05) is 12.1 Å². The van der Waals surface area contributed by atoms with Gasteiger partial charge in [-0.05, 0) is 46.1 Å². The minimum absolute atomic E-state index is 0.206. The molecule has 0 saturated carbocycles. The van der Waals surface area contributed by atoms with Crippen LogP contribution in [0.2, 0.25) is 0 Å². The van der Waals surface area contributed by atoms with Gasteiger partial charge >= 0.3 is 0 Å². The highest BCUT2D eigenvalue weighted by molar-refractivity contribution is 9.11. The van der Waals surface area contributed by atoms with Crippen LogP contribution in [-0.4, -0.2) is 26.0 Å². The fraction of sp³-hybridized carbons (Fsp3) is 0.250. The summed E-state index contributed by atoms with van der Waals surface area (Å²) < 4.78 is 11.4. The van der Waals surface area contributed by atoms with E-state index in [4.69, 9.17) is 9.47 Å². The Kier molecular flexibility index (Phi) is 6.62. The predicted molar refractivity (Wildman–Crippen MR) is 95.5 cm³/mol. The Labute approximate surface area is 152 Å². The number of aryl methyl sites for hydroxylation is 1. The van der Waals surface area contributed by atoms with E-state index in [-0.39, 0.29) is 18.2 Å². The topological polar surface area (TPSA) is 76.7 Å². The molecule has 6 nitrogen and oxygen atoms in total. The fourth-order valence-electron chi connectivity index (χ4n) is 2.09. The van der Waals surface area contributed by atoms with Crippen molar-refractivity contribution < 1.29 is 19.1 Å². The van der Waals surface area contributed by atoms with Gasteiger partial charge in [-0.25, -0.2) is 0 Å². The Morgan fingerprint density at radius 1 is 1.12 bits per heavy atom. The first kappa shape index (κ1) is 18.3. The lowest BCUT2D eigenvalue weighted by Crippen LogP contribution is -2.41. The van der Waals surface area contributed by atoms with Crippen molar-refractivity contribution in [2.24, 2.45) is 0 Å². The van der Waals surface area contributed by atoms with E-state index in [1.54, 1.807) is 32.4 Å². The second-order valence-electron chi connectivity index (χ2n) is 4.76. The summed E-state index contributed by atoms with van der Waals surface area (Å²) in [6.45, 7) is 0. The minimum atomic E-state index is -0.349. The third kappa shape index (κ3) is 4.72. The van der Waals surface area contributed by atoms with Crippen LogP contribution in [-0.2, 0) is 11.2 Å². The van der Waals surface area contributed by atoms with Crippen molar-refractivity contribution in [3.63, 3.8) is 0 Å². The minimum Gasteiger partial charge on any atom is -0.493 e. The zero-order valence-electron chi connectivity index (χ0n) is 13.2. The quantitative estimate of drug-likeness (QED) is 0.715. The van der Waals surface area contributed by atoms with E-state index >= 15 is 0 Å². The van der Waals surface area contributed by atoms with Crippen molar-refractivity contribution in [1.29, 1.82) is 0 Å². The molecule has 0 spiro atoms. The normalized spacial score (nSPS) is 10.1. The summed E-state index contributed by atoms with van der Waals surface area (Å²) in [4.78, 5) is 24.3. The first-order chi connectivity index (χ1) is 11.5. The van der Waals surface area contributed by atoms with Gasteiger partial charge in [-0.15, -0.1) is 11.3 Å². The molecular weight excluding hydrogens is 396 g/mol. The molecule has 0 aliphatic carbocycles. The SMILES string of the molecule is COc1cccc(CCC(=O)NNC(=O)c2ccc(Br)s2)c1OC. The Bertz CT molecular complexity index is 733. The maximum Gasteiger partial charge on any atom is 0.279 e. The van der Waals surface area contributed by atoms with E-state index < -0.39 is 0 Å². The maximum atomic E-state index is 11.9. The van der Waals surface area contributed by atoms with Crippen LogP contribution < -0.4 is 20.3 Å². The number of ether oxygens (including phenoxy) is 2. The van der Waals surface area contributed by atoms with Gasteiger partial charge in [-0.1, -0.05) is 12.1 Å². The molecule has 1 aromatic heterocycles. The van der Waals surface area contributed by atoms with Crippen molar-refractivity contribution in [2.45, 2.75) is 12.8 Å². The lowest BCUT2D eigenvalue weighted by atomic mass is 10.1. The lowest BCUT2D eigenvalue weighted by Gasteiger charge is -2.12. The second kappa shape index (κ2) is 8.70. The Balaban J connectivity index is 1.86. The highest BCUT2D eigenvalue weighted by Gasteiger charge is 2.12. The maximum absolute atomic E-state index is 11.9. The monoisotopic (exact) mass is 412 g/mol. The van der Waals surface area contributed by atoms with Crippen LogP contribution in [0.25, 0.3) is 0 Å². The molecule has 1 heterocycles. The Morgan fingerprint density at radius 3 is 2.54 bits per heavy atom. The van der Waals surface area contributed by atoms with Gasteiger partial charge in [0.25, 0.3) is 5.91 Å². The van der Waals surface area contributed by atoms with Crippen molar-refractivity contribution >= 4 is 39.1 Å². The highest BCUT2D eigenvalue weighted by Crippen LogP contribution is 2.31. The molecule has 2 N–H and O–H groups in total. The van der Waals surface area contributed by atoms with Gasteiger partial charge in [0.1, 0.15) is 0 Å². The number of benzene rings is 1. The molecule has 1 aromatic carbocycles. The third-order valence-electron chi connectivity index (χ3n) is 3.22. The van der Waals surface area contributed by atoms with E-state index in [2.05, 4.69) is 26.8 Å². The number of thiophene rings is 1. The molecule has 0 atom stereocenters. The van der Waals surface area contributed by atoms with Gasteiger partial charge in [0.05, 0.1) is 22.9 Å². The van der Waals surface area contributed by atoms with Crippen LogP contribution in [0.15, 0.2) is 34.1 Å². The molecule has 128 valence electrons. The van der Waals surface area contributed by atoms with E-state index in [9.17, 15) is 9.59 Å². The van der Waals surface area contributed by atoms with Crippen LogP contribution in [0.4, 0.5) is 0 Å². The molecule has 8 heteroatoms. The van der Waals surface area contributed by atoms with Crippen LogP contribution in [0.5, 0.6) is 11.5 Å². The summed E-state index contributed by atoms with van der Waals surface area (Å²) in [5, 5.41) is 0. The molecule has 2 amide bonds. The van der Waals surface area contributed by atoms with Gasteiger partial charge in [-0.3, -0.25) is 20.4 Å². The van der Waals surface area contributed by atoms with Crippen molar-refractivity contribution in [3.8, 4) is 11.5 Å². The average Bonchev–Trinajstić information content (AvgIpc) is 3.03. The second-order valence-corrected chi connectivity index (χ2v) is 7.22. The zero-order chi connectivity index (χ0) is 17.5. The average molecular weight is 413 g/mol. The summed E-state index contributed by atoms with van der Waals surface area (Å²) in [5.41, 5.74) is 5.66. The van der Waals surface area contributed by atoms with Gasteiger partial charge in [-0.2, -0.15) is 0 Å². The molecule has 0 saturated heterocycles. The number of methoxy groups -OCH3 is 2. The number of hydrogen-bond donors (Lipinski definition) is 2. The predicted octanol–water partition coefficient (Wildman–Crippen LogP) is 2.92. The number of carbonyl (C=O) groups excluding carboxylic acids is 2. The van der Waals surface area contributed by atoms with Crippen molar-refractivity contribution in [2.75, 3.05) is 14.2 Å². The number of halogens is 1. The largest absolute Gasteiger partial charge is 0.493 e. The summed E-state index contributed by atoms with van der Waals surface area (Å²) >= 11 is 4.58. The molecule has 0 aliphatic heterocycles. The summed E-state index contributed by atoms with van der Waals surface area (Å²) in [6, 6.07) is 8.96. The highest BCUT2D eigenvalue weighted by atomic mass is 79.9. The number of nitrogens with one attached hydrogen (secondary N) is 2. The summed E-state index contributed by atoms with van der Waals surface area (Å²) in [6.07, 6.45) is 0.671. The molecule has 0 unspecified atom stereocenters. The number of carbonyl (C=O) groups is 2. The molecule has 2 aromatic rings. The third-order valence-corrected chi connectivity index (χ3v) is 4.84. The van der Waals surface area contributed by atoms with Crippen molar-refractivity contribution in [1.82, 2.24) is 10.9 Å². The van der Waals surface area contributed by atoms with E-state index in [0.29, 0.717) is 22.8 Å². The smallest absolute Gasteiger partial charge is 0.279 e. The fourth-order valence-corrected chi connectivity index (χ4v) is 3.37. The lowest BCUT2D eigenvalue weighted by molar-refractivity contribution is -0.121. The van der Waals surface area contributed by atoms with E-state index in [1.165, 1.54) is 11.3 Å². The standard InChI is InChI=1S/C16H17BrN2O4S/c1-22-11-5-3-4-10(15(11)23-2)6-9-14(20)18-19-16(21)12-7-8-13(17)24-12/h3-5,7-8H,6,9H2,1-2H3,(H,18,20)(H,19,21). The summed E-state index contributed by atoms with van der Waals surface area (Å²) in [7, 11) is 3.12. The van der Waals surface area contributed by atoms with Gasteiger partial charge in [0, 0.05) is 6.42 Å². The number of rotatable bonds is 6. The summed E-state index contributed by atoms with van der Waals surface area (Å²) in [5.74, 6) is 0.592. The Morgan fingerprint density at radius 2 is 1.92 bits per heavy atom. The molecule has 24 heavy (non-hydrogen) atoms. The molecule has 0 radical (unpaired) electrons. The first-order valence-electron chi connectivity index (χ1n) is 7.09. The number of hydrazine groups is 1. The van der Waals surface area contributed by atoms with Gasteiger partial charge in [0.15, 0.2) is 11.5 Å². The molecular formula is C16H17BrN2O4S. The first-order valence-corrected chi connectivity index (χ1v) is 8.70. The van der Waals surface area contributed by atoms with Crippen LogP contribution in [0, 0.1) is 0 Å². The zero-order valence-corrected chi connectivity index (χ0v) is 15.6.